The maximum atomic E-state index is 13.2. The Morgan fingerprint density at radius 3 is 2.67 bits per heavy atom. The van der Waals surface area contributed by atoms with Gasteiger partial charge in [0.15, 0.2) is 21.0 Å². The van der Waals surface area contributed by atoms with Crippen LogP contribution in [-0.4, -0.2) is 55.1 Å². The van der Waals surface area contributed by atoms with E-state index < -0.39 is 27.3 Å². The van der Waals surface area contributed by atoms with Crippen molar-refractivity contribution in [3.05, 3.63) is 59.0 Å². The van der Waals surface area contributed by atoms with Crippen molar-refractivity contribution >= 4 is 38.8 Å². The van der Waals surface area contributed by atoms with E-state index in [0.717, 1.165) is 5.56 Å². The standard InChI is InChI=1S/C24H22N4O7S/c1-34-15-4-2-13-10-28(21(29)17(13)8-15)12-24(22(30)26-23(31)27-24)20-9-18-19(35-20)7-3-14(25-18)11-36(32,33)16-5-6-16/h2-4,7-9,16H,5-6,10-12H2,1H3,(H2,26,27,30,31)/t24-/m0/s1. The van der Waals surface area contributed by atoms with Crippen molar-refractivity contribution in [1.82, 2.24) is 20.5 Å². The van der Waals surface area contributed by atoms with Crippen LogP contribution in [0.1, 0.15) is 40.2 Å². The van der Waals surface area contributed by atoms with E-state index in [2.05, 4.69) is 15.6 Å². The molecule has 2 fully saturated rings. The number of methoxy groups -OCH3 is 1. The number of carbonyl (C=O) groups excluding carboxylic acids is 3. The summed E-state index contributed by atoms with van der Waals surface area (Å²) in [7, 11) is -1.76. The van der Waals surface area contributed by atoms with E-state index >= 15 is 0 Å². The van der Waals surface area contributed by atoms with Crippen molar-refractivity contribution in [3.8, 4) is 5.75 Å². The molecule has 2 aliphatic heterocycles. The van der Waals surface area contributed by atoms with Crippen LogP contribution in [0.3, 0.4) is 0 Å². The van der Waals surface area contributed by atoms with Crippen molar-refractivity contribution in [2.24, 2.45) is 0 Å². The third-order valence-electron chi connectivity index (χ3n) is 6.80. The first-order chi connectivity index (χ1) is 17.2. The van der Waals surface area contributed by atoms with Crippen LogP contribution in [0.5, 0.6) is 5.75 Å². The Morgan fingerprint density at radius 2 is 1.97 bits per heavy atom. The normalized spacial score (nSPS) is 21.6. The molecule has 3 aliphatic rings. The zero-order valence-electron chi connectivity index (χ0n) is 19.2. The van der Waals surface area contributed by atoms with E-state index in [1.165, 1.54) is 18.1 Å². The minimum atomic E-state index is -3.27. The van der Waals surface area contributed by atoms with Gasteiger partial charge in [-0.1, -0.05) is 6.07 Å². The maximum absolute atomic E-state index is 13.2. The zero-order valence-corrected chi connectivity index (χ0v) is 20.1. The third kappa shape index (κ3) is 3.60. The van der Waals surface area contributed by atoms with Gasteiger partial charge in [0.05, 0.1) is 30.4 Å². The molecule has 1 saturated carbocycles. The molecule has 11 nitrogen and oxygen atoms in total. The molecule has 0 spiro atoms. The topological polar surface area (TPSA) is 148 Å². The van der Waals surface area contributed by atoms with Crippen molar-refractivity contribution in [3.63, 3.8) is 0 Å². The molecule has 2 N–H and O–H groups in total. The van der Waals surface area contributed by atoms with Crippen LogP contribution in [-0.2, 0) is 32.5 Å². The summed E-state index contributed by atoms with van der Waals surface area (Å²) in [5, 5.41) is 4.56. The highest BCUT2D eigenvalue weighted by Crippen LogP contribution is 2.35. The SMILES string of the molecule is COc1ccc2c(c1)C(=O)N(C[C@@]1(c3cc4nc(CS(=O)(=O)C5CC5)ccc4o3)NC(=O)NC1=O)C2. The van der Waals surface area contributed by atoms with Gasteiger partial charge in [-0.05, 0) is 42.7 Å². The predicted molar refractivity (Wildman–Crippen MR) is 126 cm³/mol. The second-order valence-electron chi connectivity index (χ2n) is 9.30. The van der Waals surface area contributed by atoms with E-state index in [9.17, 15) is 22.8 Å². The van der Waals surface area contributed by atoms with Gasteiger partial charge in [0.25, 0.3) is 11.8 Å². The third-order valence-corrected chi connectivity index (χ3v) is 8.98. The van der Waals surface area contributed by atoms with Crippen molar-refractivity contribution in [2.75, 3.05) is 13.7 Å². The summed E-state index contributed by atoms with van der Waals surface area (Å²) in [6.45, 7) is 0.0633. The van der Waals surface area contributed by atoms with Crippen LogP contribution in [0.2, 0.25) is 0 Å². The summed E-state index contributed by atoms with van der Waals surface area (Å²) in [5.74, 6) is -0.519. The molecule has 3 aromatic rings. The molecule has 2 aromatic heterocycles. The molecular weight excluding hydrogens is 488 g/mol. The van der Waals surface area contributed by atoms with Crippen LogP contribution in [0.4, 0.5) is 4.79 Å². The Kier molecular flexibility index (Phi) is 4.87. The molecule has 1 atom stereocenters. The number of fused-ring (bicyclic) bond motifs is 2. The van der Waals surface area contributed by atoms with Crippen molar-refractivity contribution < 1.29 is 32.0 Å². The molecule has 4 amide bonds. The fourth-order valence-corrected chi connectivity index (χ4v) is 6.41. The van der Waals surface area contributed by atoms with Gasteiger partial charge in [0, 0.05) is 18.2 Å². The van der Waals surface area contributed by atoms with Crippen molar-refractivity contribution in [1.29, 1.82) is 0 Å². The first-order valence-corrected chi connectivity index (χ1v) is 13.1. The molecule has 1 aliphatic carbocycles. The maximum Gasteiger partial charge on any atom is 0.322 e. The quantitative estimate of drug-likeness (QED) is 0.456. The largest absolute Gasteiger partial charge is 0.497 e. The van der Waals surface area contributed by atoms with Crippen LogP contribution >= 0.6 is 0 Å². The first-order valence-electron chi connectivity index (χ1n) is 11.4. The fourth-order valence-electron chi connectivity index (χ4n) is 4.74. The monoisotopic (exact) mass is 510 g/mol. The molecule has 1 aromatic carbocycles. The number of urea groups is 1. The van der Waals surface area contributed by atoms with E-state index in [-0.39, 0.29) is 35.8 Å². The lowest BCUT2D eigenvalue weighted by molar-refractivity contribution is -0.125. The summed E-state index contributed by atoms with van der Waals surface area (Å²) in [6, 6.07) is 9.13. The van der Waals surface area contributed by atoms with Crippen LogP contribution in [0, 0.1) is 0 Å². The summed E-state index contributed by atoms with van der Waals surface area (Å²) in [4.78, 5) is 44.3. The van der Waals surface area contributed by atoms with Crippen LogP contribution < -0.4 is 15.4 Å². The fraction of sp³-hybridized carbons (Fsp3) is 0.333. The summed E-state index contributed by atoms with van der Waals surface area (Å²) < 4.78 is 35.9. The number of sulfone groups is 1. The lowest BCUT2D eigenvalue weighted by Gasteiger charge is -2.28. The smallest absolute Gasteiger partial charge is 0.322 e. The number of imide groups is 1. The number of benzene rings is 1. The minimum absolute atomic E-state index is 0.0943. The van der Waals surface area contributed by atoms with Gasteiger partial charge in [-0.15, -0.1) is 0 Å². The number of nitrogens with zero attached hydrogens (tertiary/aromatic N) is 2. The first kappa shape index (κ1) is 22.5. The number of nitrogens with one attached hydrogen (secondary N) is 2. The number of hydrogen-bond donors (Lipinski definition) is 2. The Labute approximate surface area is 205 Å². The number of amides is 4. The summed E-state index contributed by atoms with van der Waals surface area (Å²) in [6.07, 6.45) is 1.34. The Morgan fingerprint density at radius 1 is 1.17 bits per heavy atom. The minimum Gasteiger partial charge on any atom is -0.497 e. The molecule has 186 valence electrons. The average Bonchev–Trinajstić information content (AvgIpc) is 3.48. The molecule has 6 rings (SSSR count). The number of aromatic nitrogens is 1. The van der Waals surface area contributed by atoms with E-state index in [1.807, 2.05) is 0 Å². The van der Waals surface area contributed by atoms with E-state index in [1.54, 1.807) is 30.3 Å². The Hall–Kier alpha value is -3.93. The van der Waals surface area contributed by atoms with Crippen molar-refractivity contribution in [2.45, 2.75) is 35.9 Å². The van der Waals surface area contributed by atoms with Gasteiger partial charge >= 0.3 is 6.03 Å². The number of ether oxygens (including phenoxy) is 1. The molecule has 0 unspecified atom stereocenters. The molecular formula is C24H22N4O7S. The van der Waals surface area contributed by atoms with E-state index in [0.29, 0.717) is 40.9 Å². The Balaban J connectivity index is 1.34. The lowest BCUT2D eigenvalue weighted by atomic mass is 9.95. The summed E-state index contributed by atoms with van der Waals surface area (Å²) >= 11 is 0. The number of rotatable bonds is 7. The molecule has 12 heteroatoms. The van der Waals surface area contributed by atoms with Crippen LogP contribution in [0.25, 0.3) is 11.1 Å². The van der Waals surface area contributed by atoms with Gasteiger partial charge in [0.2, 0.25) is 0 Å². The molecule has 36 heavy (non-hydrogen) atoms. The van der Waals surface area contributed by atoms with Gasteiger partial charge in [0.1, 0.15) is 17.0 Å². The highest BCUT2D eigenvalue weighted by Gasteiger charge is 2.53. The molecule has 1 saturated heterocycles. The number of pyridine rings is 1. The second-order valence-corrected chi connectivity index (χ2v) is 11.6. The van der Waals surface area contributed by atoms with Crippen LogP contribution in [0.15, 0.2) is 40.8 Å². The van der Waals surface area contributed by atoms with Gasteiger partial charge < -0.3 is 19.4 Å². The van der Waals surface area contributed by atoms with Gasteiger partial charge in [-0.3, -0.25) is 14.9 Å². The zero-order chi connectivity index (χ0) is 25.2. The lowest BCUT2D eigenvalue weighted by Crippen LogP contribution is -2.52. The molecule has 4 heterocycles. The average molecular weight is 511 g/mol. The van der Waals surface area contributed by atoms with Gasteiger partial charge in [-0.25, -0.2) is 18.2 Å². The molecule has 0 radical (unpaired) electrons. The number of carbonyl (C=O) groups is 3. The predicted octanol–water partition coefficient (Wildman–Crippen LogP) is 1.60. The second kappa shape index (κ2) is 7.79. The highest BCUT2D eigenvalue weighted by atomic mass is 32.2. The highest BCUT2D eigenvalue weighted by molar-refractivity contribution is 7.91. The number of furan rings is 1. The van der Waals surface area contributed by atoms with E-state index in [4.69, 9.17) is 9.15 Å². The Bertz CT molecular complexity index is 1560. The molecule has 0 bridgehead atoms. The van der Waals surface area contributed by atoms with Gasteiger partial charge in [-0.2, -0.15) is 0 Å². The summed E-state index contributed by atoms with van der Waals surface area (Å²) in [5.41, 5.74) is 0.597. The number of hydrogen-bond acceptors (Lipinski definition) is 8.